The quantitative estimate of drug-likeness (QED) is 0.127. The number of pyridine rings is 1. The van der Waals surface area contributed by atoms with Crippen LogP contribution < -0.4 is 4.74 Å². The molecule has 3 atom stereocenters. The van der Waals surface area contributed by atoms with Gasteiger partial charge in [0.15, 0.2) is 0 Å². The van der Waals surface area contributed by atoms with Crippen LogP contribution >= 0.6 is 15.9 Å². The lowest BCUT2D eigenvalue weighted by Crippen LogP contribution is -2.46. The molecule has 2 aliphatic rings. The first-order valence-electron chi connectivity index (χ1n) is 14.9. The molecule has 0 N–H and O–H groups in total. The van der Waals surface area contributed by atoms with Crippen LogP contribution in [0.4, 0.5) is 0 Å². The summed E-state index contributed by atoms with van der Waals surface area (Å²) in [5.74, 6) is 0.502. The SMILES string of the molecule is COc1nc2ccc(Br)cc2cc1C(C(=CC#N)CCCCN1CC2CC1CN2Cc1ccccc1)c1ccccc1. The van der Waals surface area contributed by atoms with Crippen molar-refractivity contribution in [3.63, 3.8) is 0 Å². The predicted octanol–water partition coefficient (Wildman–Crippen LogP) is 7.72. The van der Waals surface area contributed by atoms with Crippen molar-refractivity contribution in [3.05, 3.63) is 118 Å². The molecule has 2 saturated heterocycles. The molecule has 0 aliphatic carbocycles. The number of halogens is 1. The van der Waals surface area contributed by atoms with E-state index in [0.717, 1.165) is 64.4 Å². The number of benzene rings is 3. The lowest BCUT2D eigenvalue weighted by molar-refractivity contribution is 0.121. The molecular formula is C36H37BrN4O. The average molecular weight is 622 g/mol. The summed E-state index contributed by atoms with van der Waals surface area (Å²) in [6.45, 7) is 4.51. The Morgan fingerprint density at radius 3 is 2.45 bits per heavy atom. The third-order valence-electron chi connectivity index (χ3n) is 8.88. The second kappa shape index (κ2) is 13.2. The molecule has 2 aliphatic heterocycles. The van der Waals surface area contributed by atoms with E-state index in [0.29, 0.717) is 18.0 Å². The monoisotopic (exact) mass is 620 g/mol. The normalized spacial score (nSPS) is 19.7. The van der Waals surface area contributed by atoms with Crippen molar-refractivity contribution in [2.75, 3.05) is 26.7 Å². The van der Waals surface area contributed by atoms with Gasteiger partial charge >= 0.3 is 0 Å². The van der Waals surface area contributed by atoms with Gasteiger partial charge in [-0.05, 0) is 73.2 Å². The van der Waals surface area contributed by atoms with Gasteiger partial charge in [-0.1, -0.05) is 76.6 Å². The molecule has 6 heteroatoms. The lowest BCUT2D eigenvalue weighted by atomic mass is 9.82. The van der Waals surface area contributed by atoms with Crippen LogP contribution in [0.5, 0.6) is 5.88 Å². The summed E-state index contributed by atoms with van der Waals surface area (Å²) in [5.41, 5.74) is 5.54. The molecule has 214 valence electrons. The number of aromatic nitrogens is 1. The number of fused-ring (bicyclic) bond motifs is 3. The van der Waals surface area contributed by atoms with Gasteiger partial charge in [0, 0.05) is 59.1 Å². The Bertz CT molecular complexity index is 1580. The topological polar surface area (TPSA) is 52.4 Å². The largest absolute Gasteiger partial charge is 0.481 e. The fourth-order valence-electron chi connectivity index (χ4n) is 6.90. The molecule has 4 aromatic rings. The fraction of sp³-hybridized carbons (Fsp3) is 0.333. The molecule has 5 nitrogen and oxygen atoms in total. The maximum Gasteiger partial charge on any atom is 0.217 e. The highest BCUT2D eigenvalue weighted by Gasteiger charge is 2.42. The number of likely N-dealkylation sites (tertiary alicyclic amines) is 2. The van der Waals surface area contributed by atoms with E-state index in [1.54, 1.807) is 13.2 Å². The summed E-state index contributed by atoms with van der Waals surface area (Å²) in [6, 6.07) is 33.2. The molecule has 2 bridgehead atoms. The van der Waals surface area contributed by atoms with E-state index >= 15 is 0 Å². The molecule has 0 saturated carbocycles. The smallest absolute Gasteiger partial charge is 0.217 e. The van der Waals surface area contributed by atoms with Gasteiger partial charge in [0.2, 0.25) is 5.88 Å². The molecule has 0 radical (unpaired) electrons. The Labute approximate surface area is 257 Å². The van der Waals surface area contributed by atoms with E-state index in [9.17, 15) is 5.26 Å². The van der Waals surface area contributed by atoms with E-state index < -0.39 is 0 Å². The summed E-state index contributed by atoms with van der Waals surface area (Å²) < 4.78 is 6.85. The van der Waals surface area contributed by atoms with Crippen molar-refractivity contribution < 1.29 is 4.74 Å². The maximum absolute atomic E-state index is 9.85. The molecule has 0 spiro atoms. The highest BCUT2D eigenvalue weighted by molar-refractivity contribution is 9.10. The molecule has 42 heavy (non-hydrogen) atoms. The summed E-state index contributed by atoms with van der Waals surface area (Å²) in [4.78, 5) is 10.2. The van der Waals surface area contributed by atoms with E-state index in [-0.39, 0.29) is 5.92 Å². The Hall–Kier alpha value is -3.50. The zero-order valence-corrected chi connectivity index (χ0v) is 25.7. The molecular weight excluding hydrogens is 584 g/mol. The number of piperazine rings is 1. The van der Waals surface area contributed by atoms with Crippen molar-refractivity contribution >= 4 is 26.8 Å². The van der Waals surface area contributed by atoms with E-state index in [2.05, 4.69) is 98.5 Å². The molecule has 3 unspecified atom stereocenters. The van der Waals surface area contributed by atoms with Gasteiger partial charge in [0.1, 0.15) is 0 Å². The number of rotatable bonds is 11. The summed E-state index contributed by atoms with van der Waals surface area (Å²) >= 11 is 3.61. The Balaban J connectivity index is 1.15. The summed E-state index contributed by atoms with van der Waals surface area (Å²) in [5, 5.41) is 10.9. The molecule has 6 rings (SSSR count). The van der Waals surface area contributed by atoms with Crippen molar-refractivity contribution in [3.8, 4) is 11.9 Å². The van der Waals surface area contributed by atoms with Crippen LogP contribution in [0.3, 0.4) is 0 Å². The number of nitriles is 1. The van der Waals surface area contributed by atoms with Gasteiger partial charge in [0.05, 0.1) is 18.7 Å². The van der Waals surface area contributed by atoms with Gasteiger partial charge in [-0.25, -0.2) is 4.98 Å². The zero-order chi connectivity index (χ0) is 28.9. The minimum atomic E-state index is -0.106. The zero-order valence-electron chi connectivity index (χ0n) is 24.1. The third-order valence-corrected chi connectivity index (χ3v) is 9.38. The standard InChI is InChI=1S/C36H37BrN4O/c1-42-36-33(21-29-20-30(37)15-16-34(29)39-36)35(27-12-6-3-7-13-27)28(17-18-38)14-8-9-19-40-24-32-22-31(40)25-41(32)23-26-10-4-2-5-11-26/h2-7,10-13,15-17,20-21,31-32,35H,8-9,14,19,22-25H2,1H3. The van der Waals surface area contributed by atoms with Gasteiger partial charge in [0.25, 0.3) is 0 Å². The number of hydrogen-bond acceptors (Lipinski definition) is 5. The predicted molar refractivity (Wildman–Crippen MR) is 172 cm³/mol. The van der Waals surface area contributed by atoms with Crippen LogP contribution in [-0.4, -0.2) is 53.6 Å². The Morgan fingerprint density at radius 1 is 1.00 bits per heavy atom. The van der Waals surface area contributed by atoms with Gasteiger partial charge in [-0.15, -0.1) is 0 Å². The van der Waals surface area contributed by atoms with Crippen LogP contribution in [0, 0.1) is 11.3 Å². The molecule has 3 heterocycles. The maximum atomic E-state index is 9.85. The second-order valence-corrected chi connectivity index (χ2v) is 12.4. The van der Waals surface area contributed by atoms with E-state index in [1.807, 2.05) is 18.2 Å². The molecule has 1 aromatic heterocycles. The van der Waals surface area contributed by atoms with Gasteiger partial charge < -0.3 is 4.74 Å². The van der Waals surface area contributed by atoms with Crippen LogP contribution in [0.2, 0.25) is 0 Å². The number of methoxy groups -OCH3 is 1. The van der Waals surface area contributed by atoms with E-state index in [4.69, 9.17) is 9.72 Å². The first kappa shape index (κ1) is 28.6. The molecule has 3 aromatic carbocycles. The number of hydrogen-bond donors (Lipinski definition) is 0. The number of nitrogens with zero attached hydrogens (tertiary/aromatic N) is 4. The van der Waals surface area contributed by atoms with Crippen molar-refractivity contribution in [2.45, 2.75) is 50.2 Å². The van der Waals surface area contributed by atoms with Crippen LogP contribution in [0.15, 0.2) is 101 Å². The van der Waals surface area contributed by atoms with Crippen LogP contribution in [0.1, 0.15) is 48.3 Å². The number of unbranched alkanes of at least 4 members (excludes halogenated alkanes) is 1. The second-order valence-electron chi connectivity index (χ2n) is 11.5. The van der Waals surface area contributed by atoms with Gasteiger partial charge in [-0.3, -0.25) is 9.80 Å². The first-order chi connectivity index (χ1) is 20.6. The summed E-state index contributed by atoms with van der Waals surface area (Å²) in [7, 11) is 1.68. The molecule has 2 fully saturated rings. The minimum absolute atomic E-state index is 0.106. The highest BCUT2D eigenvalue weighted by Crippen LogP contribution is 2.40. The third kappa shape index (κ3) is 6.29. The van der Waals surface area contributed by atoms with Crippen LogP contribution in [-0.2, 0) is 6.54 Å². The van der Waals surface area contributed by atoms with Gasteiger partial charge in [-0.2, -0.15) is 5.26 Å². The van der Waals surface area contributed by atoms with Crippen LogP contribution in [0.25, 0.3) is 10.9 Å². The minimum Gasteiger partial charge on any atom is -0.481 e. The lowest BCUT2D eigenvalue weighted by Gasteiger charge is -2.34. The molecule has 0 amide bonds. The van der Waals surface area contributed by atoms with E-state index in [1.165, 1.54) is 25.1 Å². The Kier molecular flexibility index (Phi) is 9.00. The number of ether oxygens (including phenoxy) is 1. The average Bonchev–Trinajstić information content (AvgIpc) is 3.60. The first-order valence-corrected chi connectivity index (χ1v) is 15.7. The summed E-state index contributed by atoms with van der Waals surface area (Å²) in [6.07, 6.45) is 6.04. The highest BCUT2D eigenvalue weighted by atomic mass is 79.9. The van der Waals surface area contributed by atoms with Crippen molar-refractivity contribution in [1.29, 1.82) is 5.26 Å². The Morgan fingerprint density at radius 2 is 1.74 bits per heavy atom. The van der Waals surface area contributed by atoms with Crippen molar-refractivity contribution in [2.24, 2.45) is 0 Å². The van der Waals surface area contributed by atoms with Crippen molar-refractivity contribution in [1.82, 2.24) is 14.8 Å². The number of allylic oxidation sites excluding steroid dienone is 2. The fourth-order valence-corrected chi connectivity index (χ4v) is 7.28.